The summed E-state index contributed by atoms with van der Waals surface area (Å²) in [6, 6.07) is 5.63. The van der Waals surface area contributed by atoms with Gasteiger partial charge in [0.25, 0.3) is 0 Å². The van der Waals surface area contributed by atoms with Crippen LogP contribution in [0.5, 0.6) is 5.75 Å². The first-order valence-electron chi connectivity index (χ1n) is 13.1. The van der Waals surface area contributed by atoms with Gasteiger partial charge in [0.05, 0.1) is 10.6 Å². The molecule has 0 bridgehead atoms. The van der Waals surface area contributed by atoms with Gasteiger partial charge in [0, 0.05) is 56.3 Å². The highest BCUT2D eigenvalue weighted by Crippen LogP contribution is 2.43. The molecule has 2 aliphatic heterocycles. The normalized spacial score (nSPS) is 16.2. The lowest BCUT2D eigenvalue weighted by molar-refractivity contribution is -0.126. The van der Waals surface area contributed by atoms with Gasteiger partial charge in [-0.15, -0.1) is 0 Å². The van der Waals surface area contributed by atoms with Crippen molar-refractivity contribution in [2.75, 3.05) is 62.2 Å². The van der Waals surface area contributed by atoms with Crippen molar-refractivity contribution in [3.8, 4) is 16.9 Å². The predicted molar refractivity (Wildman–Crippen MR) is 149 cm³/mol. The van der Waals surface area contributed by atoms with Crippen LogP contribution in [-0.2, 0) is 4.79 Å². The van der Waals surface area contributed by atoms with Gasteiger partial charge >= 0.3 is 0 Å². The minimum atomic E-state index is -0.830. The molecule has 2 aliphatic rings. The average Bonchev–Trinajstić information content (AvgIpc) is 2.91. The van der Waals surface area contributed by atoms with Gasteiger partial charge in [-0.2, -0.15) is 4.98 Å². The fourth-order valence-corrected chi connectivity index (χ4v) is 5.68. The summed E-state index contributed by atoms with van der Waals surface area (Å²) in [5.41, 5.74) is -0.569. The van der Waals surface area contributed by atoms with E-state index in [9.17, 15) is 14.3 Å². The molecule has 1 N–H and O–H groups in total. The van der Waals surface area contributed by atoms with Crippen molar-refractivity contribution < 1.29 is 18.7 Å². The smallest absolute Gasteiger partial charge is 0.246 e. The Balaban J connectivity index is 1.61. The van der Waals surface area contributed by atoms with Crippen LogP contribution in [0, 0.1) is 11.6 Å². The Kier molecular flexibility index (Phi) is 7.59. The van der Waals surface area contributed by atoms with Crippen LogP contribution in [0.1, 0.15) is 13.8 Å². The Morgan fingerprint density at radius 2 is 1.82 bits per heavy atom. The Labute approximate surface area is 231 Å². The minimum absolute atomic E-state index is 0.00654. The molecular weight excluding hydrogens is 526 g/mol. The molecule has 2 saturated heterocycles. The molecule has 206 valence electrons. The summed E-state index contributed by atoms with van der Waals surface area (Å²) in [6.45, 7) is 12.9. The average molecular weight is 557 g/mol. The number of halogens is 3. The van der Waals surface area contributed by atoms with Crippen LogP contribution in [-0.4, -0.2) is 89.2 Å². The number of carbonyl (C=O) groups is 1. The quantitative estimate of drug-likeness (QED) is 0.435. The van der Waals surface area contributed by atoms with Gasteiger partial charge in [-0.3, -0.25) is 9.69 Å². The number of carbonyl (C=O) groups excluding carboxylic acids is 1. The fourth-order valence-electron chi connectivity index (χ4n) is 5.40. The van der Waals surface area contributed by atoms with Gasteiger partial charge in [0.15, 0.2) is 5.82 Å². The number of hydrogen-bond acceptors (Lipinski definition) is 7. The van der Waals surface area contributed by atoms with Crippen LogP contribution in [0.4, 0.5) is 20.5 Å². The molecule has 0 spiro atoms. The van der Waals surface area contributed by atoms with Gasteiger partial charge in [0.2, 0.25) is 11.9 Å². The molecular formula is C28H31ClF2N6O2. The van der Waals surface area contributed by atoms with Crippen LogP contribution >= 0.6 is 11.6 Å². The molecule has 0 atom stereocenters. The maximum absolute atomic E-state index is 16.3. The summed E-state index contributed by atoms with van der Waals surface area (Å²) < 4.78 is 31.0. The van der Waals surface area contributed by atoms with Crippen molar-refractivity contribution in [3.63, 3.8) is 0 Å². The number of phenols is 1. The van der Waals surface area contributed by atoms with E-state index in [1.807, 2.05) is 9.80 Å². The third-order valence-electron chi connectivity index (χ3n) is 7.63. The second kappa shape index (κ2) is 10.9. The SMILES string of the molecule is C=CC(=O)N1CCN(c2nc(N3CC(N(CC)CC)C3)nc3c(F)c(-c4c(O)cccc4F)c(Cl)cc23)CC1. The molecule has 11 heteroatoms. The van der Waals surface area contributed by atoms with E-state index in [1.54, 1.807) is 4.90 Å². The number of likely N-dealkylation sites (N-methyl/N-ethyl adjacent to an activating group) is 1. The van der Waals surface area contributed by atoms with Crippen molar-refractivity contribution in [3.05, 3.63) is 53.6 Å². The number of benzene rings is 2. The number of anilines is 2. The van der Waals surface area contributed by atoms with Crippen molar-refractivity contribution in [2.24, 2.45) is 0 Å². The number of fused-ring (bicyclic) bond motifs is 1. The minimum Gasteiger partial charge on any atom is -0.507 e. The Hall–Kier alpha value is -3.50. The molecule has 39 heavy (non-hydrogen) atoms. The summed E-state index contributed by atoms with van der Waals surface area (Å²) in [6.07, 6.45) is 1.29. The molecule has 0 aliphatic carbocycles. The summed E-state index contributed by atoms with van der Waals surface area (Å²) in [4.78, 5) is 29.6. The molecule has 8 nitrogen and oxygen atoms in total. The highest BCUT2D eigenvalue weighted by Gasteiger charge is 2.34. The van der Waals surface area contributed by atoms with Crippen molar-refractivity contribution in [1.29, 1.82) is 0 Å². The summed E-state index contributed by atoms with van der Waals surface area (Å²) in [7, 11) is 0. The molecule has 0 unspecified atom stereocenters. The number of phenolic OH excluding ortho intramolecular Hbond substituents is 1. The number of piperazine rings is 1. The van der Waals surface area contributed by atoms with Crippen LogP contribution in [0.15, 0.2) is 36.9 Å². The maximum atomic E-state index is 16.3. The van der Waals surface area contributed by atoms with E-state index >= 15 is 4.39 Å². The zero-order valence-electron chi connectivity index (χ0n) is 22.0. The number of hydrogen-bond donors (Lipinski definition) is 1. The largest absolute Gasteiger partial charge is 0.507 e. The van der Waals surface area contributed by atoms with E-state index < -0.39 is 17.4 Å². The second-order valence-corrected chi connectivity index (χ2v) is 10.1. The molecule has 3 aromatic rings. The number of amides is 1. The molecule has 1 amide bonds. The Morgan fingerprint density at radius 1 is 1.13 bits per heavy atom. The molecule has 1 aromatic heterocycles. The summed E-state index contributed by atoms with van der Waals surface area (Å²) in [5.74, 6) is -1.32. The highest BCUT2D eigenvalue weighted by atomic mass is 35.5. The maximum Gasteiger partial charge on any atom is 0.246 e. The molecule has 0 saturated carbocycles. The number of aromatic nitrogens is 2. The third-order valence-corrected chi connectivity index (χ3v) is 7.93. The first-order chi connectivity index (χ1) is 18.8. The van der Waals surface area contributed by atoms with E-state index in [2.05, 4.69) is 30.3 Å². The Morgan fingerprint density at radius 3 is 2.44 bits per heavy atom. The van der Waals surface area contributed by atoms with Crippen LogP contribution in [0.25, 0.3) is 22.0 Å². The lowest BCUT2D eigenvalue weighted by atomic mass is 10.0. The van der Waals surface area contributed by atoms with Crippen LogP contribution < -0.4 is 9.80 Å². The molecule has 0 radical (unpaired) electrons. The molecule has 2 fully saturated rings. The van der Waals surface area contributed by atoms with Gasteiger partial charge in [-0.1, -0.05) is 38.1 Å². The van der Waals surface area contributed by atoms with Crippen molar-refractivity contribution in [2.45, 2.75) is 19.9 Å². The van der Waals surface area contributed by atoms with Crippen LogP contribution in [0.2, 0.25) is 5.02 Å². The van der Waals surface area contributed by atoms with Gasteiger partial charge in [0.1, 0.15) is 22.9 Å². The first-order valence-corrected chi connectivity index (χ1v) is 13.5. The number of rotatable bonds is 7. The standard InChI is InChI=1S/C28H31ClF2N6O2/c1-4-22(39)35-10-12-36(13-11-35)27-18-14-19(29)23(24-20(30)8-7-9-21(24)38)25(31)26(18)32-28(33-27)37-15-17(16-37)34(5-2)6-3/h4,7-9,14,17,38H,1,5-6,10-13,15-16H2,2-3H3. The van der Waals surface area contributed by atoms with E-state index in [-0.39, 0.29) is 27.6 Å². The van der Waals surface area contributed by atoms with E-state index in [4.69, 9.17) is 16.6 Å². The lowest BCUT2D eigenvalue weighted by Crippen LogP contribution is -2.60. The topological polar surface area (TPSA) is 76.0 Å². The number of nitrogens with zero attached hydrogens (tertiary/aromatic N) is 6. The summed E-state index contributed by atoms with van der Waals surface area (Å²) >= 11 is 6.54. The zero-order chi connectivity index (χ0) is 27.8. The summed E-state index contributed by atoms with van der Waals surface area (Å²) in [5, 5.41) is 10.7. The van der Waals surface area contributed by atoms with E-state index in [1.165, 1.54) is 24.3 Å². The van der Waals surface area contributed by atoms with E-state index in [0.717, 1.165) is 19.2 Å². The molecule has 5 rings (SSSR count). The van der Waals surface area contributed by atoms with Crippen molar-refractivity contribution >= 4 is 40.2 Å². The van der Waals surface area contributed by atoms with Gasteiger partial charge in [-0.05, 0) is 37.4 Å². The predicted octanol–water partition coefficient (Wildman–Crippen LogP) is 4.30. The van der Waals surface area contributed by atoms with Crippen molar-refractivity contribution in [1.82, 2.24) is 19.8 Å². The van der Waals surface area contributed by atoms with Gasteiger partial charge < -0.3 is 19.8 Å². The fraction of sp³-hybridized carbons (Fsp3) is 0.393. The number of aromatic hydroxyl groups is 1. The van der Waals surface area contributed by atoms with Gasteiger partial charge in [-0.25, -0.2) is 13.8 Å². The zero-order valence-corrected chi connectivity index (χ0v) is 22.8. The van der Waals surface area contributed by atoms with E-state index in [0.29, 0.717) is 62.5 Å². The first kappa shape index (κ1) is 27.1. The monoisotopic (exact) mass is 556 g/mol. The molecule has 2 aromatic carbocycles. The molecule has 3 heterocycles. The van der Waals surface area contributed by atoms with Crippen LogP contribution in [0.3, 0.4) is 0 Å². The second-order valence-electron chi connectivity index (χ2n) is 9.72. The highest BCUT2D eigenvalue weighted by molar-refractivity contribution is 6.34. The Bertz CT molecular complexity index is 1400. The third kappa shape index (κ3) is 4.87. The lowest BCUT2D eigenvalue weighted by Gasteiger charge is -2.45.